The molecule has 0 aromatic heterocycles. The molecule has 1 saturated carbocycles. The summed E-state index contributed by atoms with van der Waals surface area (Å²) in [5, 5.41) is 13.1. The van der Waals surface area contributed by atoms with Gasteiger partial charge in [-0.2, -0.15) is 0 Å². The molecule has 3 rings (SSSR count). The third-order valence-corrected chi connectivity index (χ3v) is 5.19. The first kappa shape index (κ1) is 15.2. The summed E-state index contributed by atoms with van der Waals surface area (Å²) < 4.78 is 0. The van der Waals surface area contributed by atoms with Crippen molar-refractivity contribution in [2.75, 3.05) is 13.1 Å². The lowest BCUT2D eigenvalue weighted by atomic mass is 9.81. The molecule has 1 aromatic rings. The van der Waals surface area contributed by atoms with Gasteiger partial charge >= 0.3 is 12.0 Å². The maximum atomic E-state index is 12.3. The number of amides is 2. The van der Waals surface area contributed by atoms with Crippen molar-refractivity contribution in [3.05, 3.63) is 34.9 Å². The van der Waals surface area contributed by atoms with Crippen LogP contribution in [-0.4, -0.2) is 35.1 Å². The Morgan fingerprint density at radius 3 is 2.73 bits per heavy atom. The maximum Gasteiger partial charge on any atom is 0.317 e. The van der Waals surface area contributed by atoms with Crippen LogP contribution in [0.5, 0.6) is 0 Å². The molecule has 22 heavy (non-hydrogen) atoms. The van der Waals surface area contributed by atoms with Crippen molar-refractivity contribution in [3.63, 3.8) is 0 Å². The lowest BCUT2D eigenvalue weighted by Crippen LogP contribution is -2.41. The van der Waals surface area contributed by atoms with E-state index in [0.717, 1.165) is 18.4 Å². The number of hydrogen-bond acceptors (Lipinski definition) is 2. The number of aliphatic carboxylic acids is 1. The van der Waals surface area contributed by atoms with Crippen LogP contribution >= 0.6 is 11.6 Å². The molecular formula is C16H19ClN2O3. The Bertz CT molecular complexity index is 590. The number of urea groups is 1. The molecule has 0 bridgehead atoms. The number of benzene rings is 1. The van der Waals surface area contributed by atoms with Gasteiger partial charge in [-0.1, -0.05) is 30.2 Å². The van der Waals surface area contributed by atoms with E-state index in [1.165, 1.54) is 0 Å². The van der Waals surface area contributed by atoms with Gasteiger partial charge < -0.3 is 15.3 Å². The Hall–Kier alpha value is -1.75. The fraction of sp³-hybridized carbons (Fsp3) is 0.500. The molecule has 1 aliphatic heterocycles. The van der Waals surface area contributed by atoms with Gasteiger partial charge in [-0.3, -0.25) is 4.79 Å². The SMILES string of the molecule is O=C(NCc1ccc(Cl)cc1)N1C[C@@H]2CCC[C@@]2(C(=O)O)C1. The fourth-order valence-corrected chi connectivity index (χ4v) is 3.81. The van der Waals surface area contributed by atoms with Crippen molar-refractivity contribution in [3.8, 4) is 0 Å². The molecule has 6 heteroatoms. The lowest BCUT2D eigenvalue weighted by molar-refractivity contribution is -0.149. The standard InChI is InChI=1S/C16H19ClN2O3/c17-13-5-3-11(4-6-13)8-18-15(22)19-9-12-2-1-7-16(12,10-19)14(20)21/h3-6,12H,1-2,7-10H2,(H,18,22)(H,20,21)/t12-,16+/m0/s1. The van der Waals surface area contributed by atoms with Crippen molar-refractivity contribution < 1.29 is 14.7 Å². The van der Waals surface area contributed by atoms with Crippen LogP contribution in [0.3, 0.4) is 0 Å². The minimum atomic E-state index is -0.761. The monoisotopic (exact) mass is 322 g/mol. The van der Waals surface area contributed by atoms with Crippen molar-refractivity contribution in [1.82, 2.24) is 10.2 Å². The molecular weight excluding hydrogens is 304 g/mol. The van der Waals surface area contributed by atoms with Gasteiger partial charge in [0.05, 0.1) is 5.41 Å². The number of halogens is 1. The van der Waals surface area contributed by atoms with Crippen LogP contribution in [0.2, 0.25) is 5.02 Å². The van der Waals surface area contributed by atoms with E-state index in [2.05, 4.69) is 5.32 Å². The molecule has 2 N–H and O–H groups in total. The van der Waals surface area contributed by atoms with E-state index in [9.17, 15) is 14.7 Å². The number of nitrogens with zero attached hydrogens (tertiary/aromatic N) is 1. The van der Waals surface area contributed by atoms with Crippen molar-refractivity contribution in [2.45, 2.75) is 25.8 Å². The Balaban J connectivity index is 1.60. The number of rotatable bonds is 3. The van der Waals surface area contributed by atoms with Crippen LogP contribution in [0.4, 0.5) is 4.79 Å². The normalized spacial score (nSPS) is 26.8. The molecule has 2 amide bonds. The van der Waals surface area contributed by atoms with Crippen LogP contribution in [0.1, 0.15) is 24.8 Å². The van der Waals surface area contributed by atoms with Gasteiger partial charge in [0.1, 0.15) is 0 Å². The van der Waals surface area contributed by atoms with Crippen LogP contribution in [-0.2, 0) is 11.3 Å². The van der Waals surface area contributed by atoms with E-state index in [4.69, 9.17) is 11.6 Å². The first-order chi connectivity index (χ1) is 10.5. The highest BCUT2D eigenvalue weighted by molar-refractivity contribution is 6.30. The highest BCUT2D eigenvalue weighted by Gasteiger charge is 2.55. The number of carbonyl (C=O) groups excluding carboxylic acids is 1. The second kappa shape index (κ2) is 5.80. The van der Waals surface area contributed by atoms with Crippen LogP contribution in [0.25, 0.3) is 0 Å². The van der Waals surface area contributed by atoms with Crippen molar-refractivity contribution in [1.29, 1.82) is 0 Å². The van der Waals surface area contributed by atoms with E-state index in [1.807, 2.05) is 12.1 Å². The second-order valence-electron chi connectivity index (χ2n) is 6.22. The van der Waals surface area contributed by atoms with Gasteiger partial charge in [0.15, 0.2) is 0 Å². The van der Waals surface area contributed by atoms with Gasteiger partial charge in [-0.25, -0.2) is 4.79 Å². The zero-order chi connectivity index (χ0) is 15.7. The first-order valence-electron chi connectivity index (χ1n) is 7.52. The van der Waals surface area contributed by atoms with E-state index in [0.29, 0.717) is 31.1 Å². The highest BCUT2D eigenvalue weighted by atomic mass is 35.5. The topological polar surface area (TPSA) is 69.6 Å². The molecule has 118 valence electrons. The number of likely N-dealkylation sites (tertiary alicyclic amines) is 1. The molecule has 2 aliphatic rings. The first-order valence-corrected chi connectivity index (χ1v) is 7.90. The van der Waals surface area contributed by atoms with E-state index < -0.39 is 11.4 Å². The molecule has 1 aromatic carbocycles. The van der Waals surface area contributed by atoms with E-state index in [-0.39, 0.29) is 11.9 Å². The number of fused-ring (bicyclic) bond motifs is 1. The largest absolute Gasteiger partial charge is 0.481 e. The predicted molar refractivity (Wildman–Crippen MR) is 82.7 cm³/mol. The van der Waals surface area contributed by atoms with Crippen LogP contribution in [0, 0.1) is 11.3 Å². The predicted octanol–water partition coefficient (Wildman–Crippen LogP) is 2.74. The molecule has 1 saturated heterocycles. The zero-order valence-corrected chi connectivity index (χ0v) is 13.0. The summed E-state index contributed by atoms with van der Waals surface area (Å²) in [4.78, 5) is 25.5. The molecule has 0 unspecified atom stereocenters. The Morgan fingerprint density at radius 1 is 1.36 bits per heavy atom. The third kappa shape index (κ3) is 2.65. The average molecular weight is 323 g/mol. The van der Waals surface area contributed by atoms with Crippen molar-refractivity contribution >= 4 is 23.6 Å². The summed E-state index contributed by atoms with van der Waals surface area (Å²) in [7, 11) is 0. The number of nitrogens with one attached hydrogen (secondary N) is 1. The second-order valence-corrected chi connectivity index (χ2v) is 6.65. The third-order valence-electron chi connectivity index (χ3n) is 4.94. The molecule has 5 nitrogen and oxygen atoms in total. The minimum Gasteiger partial charge on any atom is -0.481 e. The average Bonchev–Trinajstić information content (AvgIpc) is 3.04. The van der Waals surface area contributed by atoms with Crippen LogP contribution < -0.4 is 5.32 Å². The Kier molecular flexibility index (Phi) is 4.00. The summed E-state index contributed by atoms with van der Waals surface area (Å²) in [6, 6.07) is 7.09. The molecule has 0 radical (unpaired) electrons. The quantitative estimate of drug-likeness (QED) is 0.899. The molecule has 1 heterocycles. The van der Waals surface area contributed by atoms with Crippen LogP contribution in [0.15, 0.2) is 24.3 Å². The molecule has 2 atom stereocenters. The number of carbonyl (C=O) groups is 2. The van der Waals surface area contributed by atoms with E-state index >= 15 is 0 Å². The Morgan fingerprint density at radius 2 is 2.09 bits per heavy atom. The molecule has 1 aliphatic carbocycles. The minimum absolute atomic E-state index is 0.0891. The fourth-order valence-electron chi connectivity index (χ4n) is 3.69. The molecule has 0 spiro atoms. The number of carboxylic acids is 1. The lowest BCUT2D eigenvalue weighted by Gasteiger charge is -2.23. The number of hydrogen-bond donors (Lipinski definition) is 2. The number of carboxylic acid groups (broad SMARTS) is 1. The smallest absolute Gasteiger partial charge is 0.317 e. The van der Waals surface area contributed by atoms with Gasteiger partial charge in [-0.15, -0.1) is 0 Å². The summed E-state index contributed by atoms with van der Waals surface area (Å²) >= 11 is 5.83. The summed E-state index contributed by atoms with van der Waals surface area (Å²) in [6.45, 7) is 1.27. The van der Waals surface area contributed by atoms with Gasteiger partial charge in [0, 0.05) is 24.7 Å². The zero-order valence-electron chi connectivity index (χ0n) is 12.2. The summed E-state index contributed by atoms with van der Waals surface area (Å²) in [5.41, 5.74) is 0.238. The van der Waals surface area contributed by atoms with Gasteiger partial charge in [-0.05, 0) is 36.5 Å². The van der Waals surface area contributed by atoms with Crippen molar-refractivity contribution in [2.24, 2.45) is 11.3 Å². The highest BCUT2D eigenvalue weighted by Crippen LogP contribution is 2.48. The molecule has 2 fully saturated rings. The summed E-state index contributed by atoms with van der Waals surface area (Å²) in [6.07, 6.45) is 2.51. The van der Waals surface area contributed by atoms with Gasteiger partial charge in [0.25, 0.3) is 0 Å². The maximum absolute atomic E-state index is 12.3. The van der Waals surface area contributed by atoms with Gasteiger partial charge in [0.2, 0.25) is 0 Å². The summed E-state index contributed by atoms with van der Waals surface area (Å²) in [5.74, 6) is -0.672. The Labute approximate surface area is 134 Å². The van der Waals surface area contributed by atoms with E-state index in [1.54, 1.807) is 17.0 Å².